The third kappa shape index (κ3) is 1.12. The summed E-state index contributed by atoms with van der Waals surface area (Å²) in [6.45, 7) is 0. The van der Waals surface area contributed by atoms with Crippen LogP contribution in [0, 0.1) is 0 Å². The van der Waals surface area contributed by atoms with E-state index in [1.165, 1.54) is 4.88 Å². The molecular formula is C10H7N3S. The lowest BCUT2D eigenvalue weighted by molar-refractivity contribution is 1.13. The second kappa shape index (κ2) is 2.92. The molecule has 0 atom stereocenters. The predicted octanol–water partition coefficient (Wildman–Crippen LogP) is 2.46. The van der Waals surface area contributed by atoms with Gasteiger partial charge in [-0.15, -0.1) is 11.3 Å². The van der Waals surface area contributed by atoms with Crippen molar-refractivity contribution >= 4 is 17.0 Å². The molecule has 0 spiro atoms. The maximum Gasteiger partial charge on any atom is 0.156 e. The van der Waals surface area contributed by atoms with Gasteiger partial charge in [-0.3, -0.25) is 4.98 Å². The highest BCUT2D eigenvalue weighted by Gasteiger charge is 2.03. The van der Waals surface area contributed by atoms with Crippen LogP contribution in [0.25, 0.3) is 16.2 Å². The number of rotatable bonds is 1. The van der Waals surface area contributed by atoms with Crippen LogP contribution in [0.3, 0.4) is 0 Å². The van der Waals surface area contributed by atoms with Crippen molar-refractivity contribution in [1.29, 1.82) is 0 Å². The molecule has 3 aromatic rings. The SMILES string of the molecule is c1csc(-c2cn3ccncc3n2)c1. The Morgan fingerprint density at radius 3 is 3.14 bits per heavy atom. The van der Waals surface area contributed by atoms with Gasteiger partial charge in [0.25, 0.3) is 0 Å². The van der Waals surface area contributed by atoms with Gasteiger partial charge >= 0.3 is 0 Å². The molecule has 0 aromatic carbocycles. The highest BCUT2D eigenvalue weighted by molar-refractivity contribution is 7.13. The number of fused-ring (bicyclic) bond motifs is 1. The minimum absolute atomic E-state index is 0.885. The molecule has 14 heavy (non-hydrogen) atoms. The Hall–Kier alpha value is -1.68. The summed E-state index contributed by atoms with van der Waals surface area (Å²) in [5.74, 6) is 0. The molecule has 3 rings (SSSR count). The molecule has 0 amide bonds. The van der Waals surface area contributed by atoms with Crippen LogP contribution in [-0.4, -0.2) is 14.4 Å². The lowest BCUT2D eigenvalue weighted by atomic mass is 10.4. The molecule has 4 heteroatoms. The van der Waals surface area contributed by atoms with Crippen LogP contribution in [0.5, 0.6) is 0 Å². The van der Waals surface area contributed by atoms with Crippen LogP contribution in [0.2, 0.25) is 0 Å². The zero-order valence-corrected chi connectivity index (χ0v) is 8.11. The largest absolute Gasteiger partial charge is 0.304 e. The van der Waals surface area contributed by atoms with Gasteiger partial charge in [-0.1, -0.05) is 6.07 Å². The summed E-state index contributed by atoms with van der Waals surface area (Å²) in [5.41, 5.74) is 1.89. The summed E-state index contributed by atoms with van der Waals surface area (Å²) >= 11 is 1.70. The maximum atomic E-state index is 4.47. The Morgan fingerprint density at radius 1 is 1.36 bits per heavy atom. The number of thiophene rings is 1. The van der Waals surface area contributed by atoms with E-state index in [0.717, 1.165) is 11.3 Å². The molecular weight excluding hydrogens is 194 g/mol. The van der Waals surface area contributed by atoms with Gasteiger partial charge in [0.05, 0.1) is 16.8 Å². The van der Waals surface area contributed by atoms with Gasteiger partial charge in [0.15, 0.2) is 5.65 Å². The second-order valence-corrected chi connectivity index (χ2v) is 3.89. The number of imidazole rings is 1. The number of nitrogens with zero attached hydrogens (tertiary/aromatic N) is 3. The highest BCUT2D eigenvalue weighted by Crippen LogP contribution is 2.23. The fourth-order valence-electron chi connectivity index (χ4n) is 1.39. The van der Waals surface area contributed by atoms with Crippen LogP contribution < -0.4 is 0 Å². The van der Waals surface area contributed by atoms with E-state index in [4.69, 9.17) is 0 Å². The third-order valence-corrected chi connectivity index (χ3v) is 2.93. The van der Waals surface area contributed by atoms with E-state index < -0.39 is 0 Å². The first-order valence-corrected chi connectivity index (χ1v) is 5.14. The minimum atomic E-state index is 0.885. The molecule has 0 aliphatic heterocycles. The van der Waals surface area contributed by atoms with Crippen LogP contribution in [-0.2, 0) is 0 Å². The summed E-state index contributed by atoms with van der Waals surface area (Å²) in [7, 11) is 0. The van der Waals surface area contributed by atoms with E-state index in [1.54, 1.807) is 23.7 Å². The number of hydrogen-bond acceptors (Lipinski definition) is 3. The Labute approximate surface area is 84.7 Å². The first-order valence-electron chi connectivity index (χ1n) is 4.26. The summed E-state index contributed by atoms with van der Waals surface area (Å²) in [6, 6.07) is 4.10. The van der Waals surface area contributed by atoms with Gasteiger partial charge in [-0.25, -0.2) is 4.98 Å². The lowest BCUT2D eigenvalue weighted by Crippen LogP contribution is -1.81. The van der Waals surface area contributed by atoms with Gasteiger partial charge in [0.2, 0.25) is 0 Å². The standard InChI is InChI=1S/C10H7N3S/c1-2-9(14-5-1)8-7-13-4-3-11-6-10(13)12-8/h1-7H. The second-order valence-electron chi connectivity index (χ2n) is 2.95. The minimum Gasteiger partial charge on any atom is -0.304 e. The zero-order valence-electron chi connectivity index (χ0n) is 7.29. The van der Waals surface area contributed by atoms with Gasteiger partial charge in [-0.2, -0.15) is 0 Å². The molecule has 0 bridgehead atoms. The molecule has 0 aliphatic rings. The molecule has 3 aromatic heterocycles. The Morgan fingerprint density at radius 2 is 2.36 bits per heavy atom. The van der Waals surface area contributed by atoms with Crippen LogP contribution in [0.15, 0.2) is 42.3 Å². The maximum absolute atomic E-state index is 4.47. The average Bonchev–Trinajstić information content (AvgIpc) is 2.86. The number of hydrogen-bond donors (Lipinski definition) is 0. The smallest absolute Gasteiger partial charge is 0.156 e. The van der Waals surface area contributed by atoms with E-state index >= 15 is 0 Å². The van der Waals surface area contributed by atoms with E-state index in [-0.39, 0.29) is 0 Å². The monoisotopic (exact) mass is 201 g/mol. The summed E-state index contributed by atoms with van der Waals surface area (Å²) in [4.78, 5) is 9.68. The van der Waals surface area contributed by atoms with Crippen LogP contribution in [0.1, 0.15) is 0 Å². The first kappa shape index (κ1) is 7.70. The average molecular weight is 201 g/mol. The molecule has 0 radical (unpaired) electrons. The molecule has 3 heterocycles. The topological polar surface area (TPSA) is 30.2 Å². The van der Waals surface area contributed by atoms with Gasteiger partial charge in [-0.05, 0) is 11.4 Å². The molecule has 0 unspecified atom stereocenters. The lowest BCUT2D eigenvalue weighted by Gasteiger charge is -1.86. The molecule has 0 N–H and O–H groups in total. The van der Waals surface area contributed by atoms with E-state index in [2.05, 4.69) is 21.4 Å². The first-order chi connectivity index (χ1) is 6.93. The van der Waals surface area contributed by atoms with Crippen LogP contribution in [0.4, 0.5) is 0 Å². The Kier molecular flexibility index (Phi) is 1.61. The normalized spacial score (nSPS) is 10.9. The molecule has 0 saturated heterocycles. The van der Waals surface area contributed by atoms with Crippen molar-refractivity contribution in [2.45, 2.75) is 0 Å². The molecule has 3 nitrogen and oxygen atoms in total. The Bertz CT molecular complexity index is 521. The van der Waals surface area contributed by atoms with E-state index in [0.29, 0.717) is 0 Å². The van der Waals surface area contributed by atoms with Crippen molar-refractivity contribution in [3.63, 3.8) is 0 Å². The molecule has 68 valence electrons. The summed E-state index contributed by atoms with van der Waals surface area (Å²) in [6.07, 6.45) is 7.44. The molecule has 0 saturated carbocycles. The molecule has 0 fully saturated rings. The third-order valence-electron chi connectivity index (χ3n) is 2.04. The summed E-state index contributed by atoms with van der Waals surface area (Å²) in [5, 5.41) is 2.05. The van der Waals surface area contributed by atoms with Gasteiger partial charge < -0.3 is 4.40 Å². The Balaban J connectivity index is 2.24. The quantitative estimate of drug-likeness (QED) is 0.605. The van der Waals surface area contributed by atoms with E-state index in [9.17, 15) is 0 Å². The van der Waals surface area contributed by atoms with Crippen molar-refractivity contribution in [3.8, 4) is 10.6 Å². The van der Waals surface area contributed by atoms with Crippen molar-refractivity contribution in [1.82, 2.24) is 14.4 Å². The van der Waals surface area contributed by atoms with E-state index in [1.807, 2.05) is 22.9 Å². The van der Waals surface area contributed by atoms with Gasteiger partial charge in [0.1, 0.15) is 0 Å². The van der Waals surface area contributed by atoms with Crippen molar-refractivity contribution in [3.05, 3.63) is 42.3 Å². The zero-order chi connectivity index (χ0) is 9.38. The fraction of sp³-hybridized carbons (Fsp3) is 0. The van der Waals surface area contributed by atoms with Crippen LogP contribution >= 0.6 is 11.3 Å². The molecule has 0 aliphatic carbocycles. The number of aromatic nitrogens is 3. The van der Waals surface area contributed by atoms with Gasteiger partial charge in [0, 0.05) is 18.6 Å². The van der Waals surface area contributed by atoms with Crippen molar-refractivity contribution in [2.24, 2.45) is 0 Å². The highest BCUT2D eigenvalue weighted by atomic mass is 32.1. The van der Waals surface area contributed by atoms with Crippen molar-refractivity contribution < 1.29 is 0 Å². The predicted molar refractivity (Wildman–Crippen MR) is 56.3 cm³/mol. The summed E-state index contributed by atoms with van der Waals surface area (Å²) < 4.78 is 1.97. The fourth-order valence-corrected chi connectivity index (χ4v) is 2.07. The van der Waals surface area contributed by atoms with Crippen molar-refractivity contribution in [2.75, 3.05) is 0 Å².